The number of H-pyrrole nitrogens is 1. The number of aromatic amines is 1. The molecule has 2 aromatic rings. The minimum absolute atomic E-state index is 0.0160. The number of amides is 2. The lowest BCUT2D eigenvalue weighted by atomic mass is 9.91. The minimum Gasteiger partial charge on any atom is -0.352 e. The van der Waals surface area contributed by atoms with Crippen LogP contribution in [0.1, 0.15) is 56.4 Å². The summed E-state index contributed by atoms with van der Waals surface area (Å²) in [6, 6.07) is 9.39. The SMILES string of the molecule is CC(C)C[C@H](CC(=O)c1cc2ccccc2[nH]1)C(=O)NN(C[C@@H]1CCCC1=O)C(=O)CCl. The molecular weight excluding hydrogens is 430 g/mol. The molecule has 3 rings (SSSR count). The Kier molecular flexibility index (Phi) is 8.07. The monoisotopic (exact) mass is 459 g/mol. The lowest BCUT2D eigenvalue weighted by molar-refractivity contribution is -0.143. The van der Waals surface area contributed by atoms with Crippen LogP contribution in [0.4, 0.5) is 0 Å². The molecule has 8 heteroatoms. The number of nitrogens with one attached hydrogen (secondary N) is 2. The average Bonchev–Trinajstić information content (AvgIpc) is 3.37. The Morgan fingerprint density at radius 2 is 2.00 bits per heavy atom. The van der Waals surface area contributed by atoms with Gasteiger partial charge in [-0.05, 0) is 37.3 Å². The molecule has 0 aliphatic heterocycles. The van der Waals surface area contributed by atoms with Gasteiger partial charge in [-0.3, -0.25) is 29.6 Å². The Hall–Kier alpha value is -2.67. The van der Waals surface area contributed by atoms with Crippen molar-refractivity contribution < 1.29 is 19.2 Å². The van der Waals surface area contributed by atoms with Gasteiger partial charge in [0.15, 0.2) is 5.78 Å². The molecular formula is C24H30ClN3O4. The number of para-hydroxylation sites is 1. The lowest BCUT2D eigenvalue weighted by Gasteiger charge is -2.27. The first-order valence-electron chi connectivity index (χ1n) is 11.1. The zero-order chi connectivity index (χ0) is 23.3. The highest BCUT2D eigenvalue weighted by atomic mass is 35.5. The molecule has 2 atom stereocenters. The number of benzene rings is 1. The number of aromatic nitrogens is 1. The van der Waals surface area contributed by atoms with Crippen LogP contribution < -0.4 is 5.43 Å². The lowest BCUT2D eigenvalue weighted by Crippen LogP contribution is -2.51. The fourth-order valence-electron chi connectivity index (χ4n) is 4.22. The third kappa shape index (κ3) is 5.97. The smallest absolute Gasteiger partial charge is 0.255 e. The molecule has 2 amide bonds. The van der Waals surface area contributed by atoms with Crippen molar-refractivity contribution in [1.29, 1.82) is 0 Å². The van der Waals surface area contributed by atoms with E-state index in [0.717, 1.165) is 22.3 Å². The predicted molar refractivity (Wildman–Crippen MR) is 123 cm³/mol. The summed E-state index contributed by atoms with van der Waals surface area (Å²) in [6.45, 7) is 4.07. The van der Waals surface area contributed by atoms with Gasteiger partial charge in [0.05, 0.1) is 12.2 Å². The highest BCUT2D eigenvalue weighted by molar-refractivity contribution is 6.27. The number of Topliss-reactive ketones (excluding diaryl/α,β-unsaturated/α-hetero) is 2. The van der Waals surface area contributed by atoms with Crippen LogP contribution in [0.3, 0.4) is 0 Å². The molecule has 32 heavy (non-hydrogen) atoms. The number of fused-ring (bicyclic) bond motifs is 1. The molecule has 1 aliphatic rings. The molecule has 0 bridgehead atoms. The quantitative estimate of drug-likeness (QED) is 0.337. The normalized spacial score (nSPS) is 17.0. The summed E-state index contributed by atoms with van der Waals surface area (Å²) in [7, 11) is 0. The third-order valence-electron chi connectivity index (χ3n) is 5.88. The van der Waals surface area contributed by atoms with Crippen LogP contribution in [0.2, 0.25) is 0 Å². The highest BCUT2D eigenvalue weighted by Crippen LogP contribution is 2.24. The van der Waals surface area contributed by atoms with Gasteiger partial charge < -0.3 is 4.98 Å². The largest absolute Gasteiger partial charge is 0.352 e. The van der Waals surface area contributed by atoms with Gasteiger partial charge in [-0.2, -0.15) is 0 Å². The first-order chi connectivity index (χ1) is 15.3. The number of alkyl halides is 1. The van der Waals surface area contributed by atoms with E-state index < -0.39 is 17.7 Å². The number of nitrogens with zero attached hydrogens (tertiary/aromatic N) is 1. The second kappa shape index (κ2) is 10.8. The Morgan fingerprint density at radius 1 is 1.25 bits per heavy atom. The van der Waals surface area contributed by atoms with Gasteiger partial charge in [0.2, 0.25) is 5.91 Å². The van der Waals surface area contributed by atoms with Crippen LogP contribution in [-0.2, 0) is 14.4 Å². The molecule has 2 N–H and O–H groups in total. The summed E-state index contributed by atoms with van der Waals surface area (Å²) in [5, 5.41) is 2.09. The molecule has 0 spiro atoms. The number of halogens is 1. The Morgan fingerprint density at radius 3 is 2.62 bits per heavy atom. The second-order valence-corrected chi connectivity index (χ2v) is 9.16. The van der Waals surface area contributed by atoms with Crippen molar-refractivity contribution in [3.63, 3.8) is 0 Å². The number of hydrogen-bond acceptors (Lipinski definition) is 4. The zero-order valence-corrected chi connectivity index (χ0v) is 19.3. The van der Waals surface area contributed by atoms with Gasteiger partial charge in [-0.15, -0.1) is 11.6 Å². The van der Waals surface area contributed by atoms with Gasteiger partial charge in [0.1, 0.15) is 11.7 Å². The zero-order valence-electron chi connectivity index (χ0n) is 18.5. The fourth-order valence-corrected chi connectivity index (χ4v) is 4.36. The molecule has 1 fully saturated rings. The number of rotatable bonds is 9. The first-order valence-corrected chi connectivity index (χ1v) is 11.6. The van der Waals surface area contributed by atoms with Gasteiger partial charge >= 0.3 is 0 Å². The van der Waals surface area contributed by atoms with Crippen LogP contribution in [0, 0.1) is 17.8 Å². The maximum Gasteiger partial charge on any atom is 0.255 e. The van der Waals surface area contributed by atoms with Crippen molar-refractivity contribution in [3.8, 4) is 0 Å². The van der Waals surface area contributed by atoms with Crippen LogP contribution in [0.5, 0.6) is 0 Å². The molecule has 0 saturated heterocycles. The molecule has 0 radical (unpaired) electrons. The molecule has 7 nitrogen and oxygen atoms in total. The van der Waals surface area contributed by atoms with Crippen LogP contribution in [0.15, 0.2) is 30.3 Å². The number of carbonyl (C=O) groups excluding carboxylic acids is 4. The first kappa shape index (κ1) is 24.0. The maximum absolute atomic E-state index is 13.1. The summed E-state index contributed by atoms with van der Waals surface area (Å²) < 4.78 is 0. The van der Waals surface area contributed by atoms with E-state index in [-0.39, 0.29) is 42.2 Å². The second-order valence-electron chi connectivity index (χ2n) is 8.89. The summed E-state index contributed by atoms with van der Waals surface area (Å²) in [5.74, 6) is -1.98. The van der Waals surface area contributed by atoms with Crippen molar-refractivity contribution in [2.45, 2.75) is 46.0 Å². The number of carbonyl (C=O) groups is 4. The molecule has 1 aromatic carbocycles. The fraction of sp³-hybridized carbons (Fsp3) is 0.500. The Bertz CT molecular complexity index is 967. The molecule has 1 saturated carbocycles. The van der Waals surface area contributed by atoms with Crippen LogP contribution >= 0.6 is 11.6 Å². The molecule has 172 valence electrons. The summed E-state index contributed by atoms with van der Waals surface area (Å²) in [6.07, 6.45) is 2.48. The molecule has 1 aliphatic carbocycles. The van der Waals surface area contributed by atoms with E-state index in [1.165, 1.54) is 0 Å². The molecule has 1 aromatic heterocycles. The standard InChI is InChI=1S/C24H30ClN3O4/c1-15(2)10-18(12-22(30)20-11-16-6-3-4-8-19(16)26-20)24(32)27-28(23(31)13-25)14-17-7-5-9-21(17)29/h3-4,6,8,11,15,17-18,26H,5,7,9-10,12-14H2,1-2H3,(H,27,32)/t17-,18+/m0/s1. The summed E-state index contributed by atoms with van der Waals surface area (Å²) in [4.78, 5) is 53.5. The van der Waals surface area contributed by atoms with Crippen LogP contribution in [-0.4, -0.2) is 45.8 Å². The van der Waals surface area contributed by atoms with E-state index in [1.54, 1.807) is 6.07 Å². The van der Waals surface area contributed by atoms with Crippen LogP contribution in [0.25, 0.3) is 10.9 Å². The van der Waals surface area contributed by atoms with Gasteiger partial charge in [-0.25, -0.2) is 0 Å². The third-order valence-corrected chi connectivity index (χ3v) is 6.11. The highest BCUT2D eigenvalue weighted by Gasteiger charge is 2.31. The predicted octanol–water partition coefficient (Wildman–Crippen LogP) is 3.87. The van der Waals surface area contributed by atoms with Gasteiger partial charge in [0, 0.05) is 35.6 Å². The summed E-state index contributed by atoms with van der Waals surface area (Å²) in [5.41, 5.74) is 3.97. The minimum atomic E-state index is -0.612. The van der Waals surface area contributed by atoms with Crippen molar-refractivity contribution in [2.24, 2.45) is 17.8 Å². The van der Waals surface area contributed by atoms with E-state index in [9.17, 15) is 19.2 Å². The molecule has 1 heterocycles. The topological polar surface area (TPSA) is 99.3 Å². The average molecular weight is 460 g/mol. The maximum atomic E-state index is 13.1. The Labute approximate surface area is 192 Å². The van der Waals surface area contributed by atoms with E-state index >= 15 is 0 Å². The van der Waals surface area contributed by atoms with Crippen molar-refractivity contribution in [1.82, 2.24) is 15.4 Å². The number of hydrazine groups is 1. The number of ketones is 2. The van der Waals surface area contributed by atoms with E-state index in [4.69, 9.17) is 11.6 Å². The molecule has 0 unspecified atom stereocenters. The Balaban J connectivity index is 1.72. The van der Waals surface area contributed by atoms with E-state index in [1.807, 2.05) is 38.1 Å². The van der Waals surface area contributed by atoms with Gasteiger partial charge in [0.25, 0.3) is 5.91 Å². The summed E-state index contributed by atoms with van der Waals surface area (Å²) >= 11 is 5.73. The van der Waals surface area contributed by atoms with Crippen molar-refractivity contribution in [2.75, 3.05) is 12.4 Å². The van der Waals surface area contributed by atoms with E-state index in [2.05, 4.69) is 10.4 Å². The van der Waals surface area contributed by atoms with E-state index in [0.29, 0.717) is 25.0 Å². The number of hydrogen-bond donors (Lipinski definition) is 2. The van der Waals surface area contributed by atoms with Crippen molar-refractivity contribution >= 4 is 45.9 Å². The van der Waals surface area contributed by atoms with Gasteiger partial charge in [-0.1, -0.05) is 32.0 Å². The van der Waals surface area contributed by atoms with Crippen molar-refractivity contribution in [3.05, 3.63) is 36.0 Å².